The van der Waals surface area contributed by atoms with Crippen LogP contribution in [0.2, 0.25) is 0 Å². The number of aliphatic carboxylic acids is 1. The summed E-state index contributed by atoms with van der Waals surface area (Å²) < 4.78 is 45.0. The van der Waals surface area contributed by atoms with Gasteiger partial charge in [-0.2, -0.15) is 13.2 Å². The van der Waals surface area contributed by atoms with Gasteiger partial charge < -0.3 is 14.6 Å². The SMILES string of the molecule is O=C(O)C1CCC(COCCC(F)(F)F)O1. The molecule has 0 bridgehead atoms. The second kappa shape index (κ2) is 5.49. The average molecular weight is 242 g/mol. The lowest BCUT2D eigenvalue weighted by atomic mass is 10.2. The molecule has 0 spiro atoms. The highest BCUT2D eigenvalue weighted by Crippen LogP contribution is 2.21. The standard InChI is InChI=1S/C9H13F3O4/c10-9(11,12)3-4-15-5-6-1-2-7(16-6)8(13)14/h6-7H,1-5H2,(H,13,14). The summed E-state index contributed by atoms with van der Waals surface area (Å²) >= 11 is 0. The number of hydrogen-bond donors (Lipinski definition) is 1. The summed E-state index contributed by atoms with van der Waals surface area (Å²) in [4.78, 5) is 10.5. The molecular formula is C9H13F3O4. The summed E-state index contributed by atoms with van der Waals surface area (Å²) in [5.41, 5.74) is 0. The molecule has 0 aromatic heterocycles. The van der Waals surface area contributed by atoms with Crippen molar-refractivity contribution >= 4 is 5.97 Å². The second-order valence-corrected chi connectivity index (χ2v) is 3.60. The molecule has 94 valence electrons. The number of ether oxygens (including phenoxy) is 2. The molecule has 0 aromatic carbocycles. The number of carboxylic acid groups (broad SMARTS) is 1. The van der Waals surface area contributed by atoms with E-state index in [-0.39, 0.29) is 6.61 Å². The summed E-state index contributed by atoms with van der Waals surface area (Å²) in [5, 5.41) is 8.59. The Morgan fingerprint density at radius 2 is 2.12 bits per heavy atom. The quantitative estimate of drug-likeness (QED) is 0.744. The average Bonchev–Trinajstić information content (AvgIpc) is 2.59. The van der Waals surface area contributed by atoms with Gasteiger partial charge in [0.2, 0.25) is 0 Å². The van der Waals surface area contributed by atoms with Gasteiger partial charge in [-0.25, -0.2) is 4.79 Å². The minimum Gasteiger partial charge on any atom is -0.479 e. The van der Waals surface area contributed by atoms with Gasteiger partial charge in [-0.05, 0) is 12.8 Å². The van der Waals surface area contributed by atoms with E-state index in [9.17, 15) is 18.0 Å². The molecule has 1 aliphatic rings. The van der Waals surface area contributed by atoms with E-state index in [0.29, 0.717) is 12.8 Å². The van der Waals surface area contributed by atoms with Gasteiger partial charge >= 0.3 is 12.1 Å². The number of hydrogen-bond acceptors (Lipinski definition) is 3. The topological polar surface area (TPSA) is 55.8 Å². The molecule has 1 N–H and O–H groups in total. The van der Waals surface area contributed by atoms with Crippen LogP contribution >= 0.6 is 0 Å². The molecule has 0 saturated carbocycles. The van der Waals surface area contributed by atoms with Crippen LogP contribution in [0, 0.1) is 0 Å². The van der Waals surface area contributed by atoms with Crippen molar-refractivity contribution in [2.75, 3.05) is 13.2 Å². The molecule has 2 unspecified atom stereocenters. The third kappa shape index (κ3) is 4.80. The Bertz CT molecular complexity index is 241. The number of carbonyl (C=O) groups is 1. The second-order valence-electron chi connectivity index (χ2n) is 3.60. The van der Waals surface area contributed by atoms with Gasteiger partial charge in [-0.3, -0.25) is 0 Å². The minimum absolute atomic E-state index is 0.0137. The van der Waals surface area contributed by atoms with Crippen LogP contribution in [0.1, 0.15) is 19.3 Å². The Balaban J connectivity index is 2.09. The number of alkyl halides is 3. The third-order valence-corrected chi connectivity index (χ3v) is 2.22. The minimum atomic E-state index is -4.22. The summed E-state index contributed by atoms with van der Waals surface area (Å²) in [6, 6.07) is 0. The lowest BCUT2D eigenvalue weighted by molar-refractivity contribution is -0.153. The monoisotopic (exact) mass is 242 g/mol. The molecule has 0 radical (unpaired) electrons. The molecule has 1 saturated heterocycles. The lowest BCUT2D eigenvalue weighted by Crippen LogP contribution is -2.23. The summed E-state index contributed by atoms with van der Waals surface area (Å²) in [7, 11) is 0. The van der Waals surface area contributed by atoms with Crippen LogP contribution in [0.25, 0.3) is 0 Å². The van der Waals surface area contributed by atoms with E-state index < -0.39 is 37.4 Å². The van der Waals surface area contributed by atoms with Crippen molar-refractivity contribution in [1.29, 1.82) is 0 Å². The zero-order valence-corrected chi connectivity index (χ0v) is 8.50. The smallest absolute Gasteiger partial charge is 0.391 e. The first-order valence-corrected chi connectivity index (χ1v) is 4.91. The highest BCUT2D eigenvalue weighted by atomic mass is 19.4. The first kappa shape index (κ1) is 13.2. The van der Waals surface area contributed by atoms with E-state index in [1.54, 1.807) is 0 Å². The molecule has 0 amide bonds. The third-order valence-electron chi connectivity index (χ3n) is 2.22. The molecular weight excluding hydrogens is 229 g/mol. The predicted octanol–water partition coefficient (Wildman–Crippen LogP) is 1.59. The molecule has 0 aromatic rings. The van der Waals surface area contributed by atoms with Crippen LogP contribution in [-0.2, 0) is 14.3 Å². The molecule has 2 atom stereocenters. The van der Waals surface area contributed by atoms with Crippen LogP contribution in [-0.4, -0.2) is 42.7 Å². The van der Waals surface area contributed by atoms with Crippen molar-refractivity contribution in [2.24, 2.45) is 0 Å². The number of rotatable bonds is 5. The van der Waals surface area contributed by atoms with Gasteiger partial charge in [0, 0.05) is 0 Å². The van der Waals surface area contributed by atoms with Gasteiger partial charge in [0.1, 0.15) is 0 Å². The Morgan fingerprint density at radius 3 is 2.62 bits per heavy atom. The fraction of sp³-hybridized carbons (Fsp3) is 0.889. The summed E-state index contributed by atoms with van der Waals surface area (Å²) in [6.07, 6.45) is -5.60. The van der Waals surface area contributed by atoms with Crippen LogP contribution in [0.15, 0.2) is 0 Å². The van der Waals surface area contributed by atoms with Gasteiger partial charge in [0.05, 0.1) is 25.7 Å². The largest absolute Gasteiger partial charge is 0.479 e. The normalized spacial score (nSPS) is 25.9. The summed E-state index contributed by atoms with van der Waals surface area (Å²) in [6.45, 7) is -0.402. The van der Waals surface area contributed by atoms with Gasteiger partial charge in [-0.15, -0.1) is 0 Å². The van der Waals surface area contributed by atoms with Gasteiger partial charge in [0.25, 0.3) is 0 Å². The molecule has 1 fully saturated rings. The number of halogens is 3. The Hall–Kier alpha value is -0.820. The van der Waals surface area contributed by atoms with Crippen LogP contribution in [0.3, 0.4) is 0 Å². The predicted molar refractivity (Wildman–Crippen MR) is 47.0 cm³/mol. The zero-order chi connectivity index (χ0) is 12.2. The molecule has 1 rings (SSSR count). The fourth-order valence-corrected chi connectivity index (χ4v) is 1.41. The highest BCUT2D eigenvalue weighted by molar-refractivity contribution is 5.72. The Kier molecular flexibility index (Phi) is 4.55. The molecule has 1 aliphatic heterocycles. The maximum atomic E-state index is 11.7. The fourth-order valence-electron chi connectivity index (χ4n) is 1.41. The molecule has 1 heterocycles. The number of carboxylic acids is 1. The zero-order valence-electron chi connectivity index (χ0n) is 8.50. The van der Waals surface area contributed by atoms with Crippen molar-refractivity contribution < 1.29 is 32.5 Å². The van der Waals surface area contributed by atoms with E-state index >= 15 is 0 Å². The summed E-state index contributed by atoms with van der Waals surface area (Å²) in [5.74, 6) is -1.04. The van der Waals surface area contributed by atoms with Crippen LogP contribution in [0.5, 0.6) is 0 Å². The maximum Gasteiger partial charge on any atom is 0.391 e. The van der Waals surface area contributed by atoms with Crippen LogP contribution < -0.4 is 0 Å². The van der Waals surface area contributed by atoms with Crippen molar-refractivity contribution in [3.05, 3.63) is 0 Å². The van der Waals surface area contributed by atoms with E-state index in [1.165, 1.54) is 0 Å². The molecule has 0 aliphatic carbocycles. The van der Waals surface area contributed by atoms with Crippen molar-refractivity contribution in [3.63, 3.8) is 0 Å². The van der Waals surface area contributed by atoms with Gasteiger partial charge in [0.15, 0.2) is 6.10 Å². The van der Waals surface area contributed by atoms with Crippen molar-refractivity contribution in [1.82, 2.24) is 0 Å². The highest BCUT2D eigenvalue weighted by Gasteiger charge is 2.31. The first-order valence-electron chi connectivity index (χ1n) is 4.91. The maximum absolute atomic E-state index is 11.7. The van der Waals surface area contributed by atoms with E-state index in [4.69, 9.17) is 14.6 Å². The van der Waals surface area contributed by atoms with E-state index in [2.05, 4.69) is 0 Å². The van der Waals surface area contributed by atoms with E-state index in [1.807, 2.05) is 0 Å². The van der Waals surface area contributed by atoms with Crippen molar-refractivity contribution in [3.8, 4) is 0 Å². The Morgan fingerprint density at radius 1 is 1.44 bits per heavy atom. The lowest BCUT2D eigenvalue weighted by Gasteiger charge is -2.12. The Labute approximate surface area is 90.3 Å². The van der Waals surface area contributed by atoms with Gasteiger partial charge in [-0.1, -0.05) is 0 Å². The van der Waals surface area contributed by atoms with Crippen molar-refractivity contribution in [2.45, 2.75) is 37.6 Å². The van der Waals surface area contributed by atoms with E-state index in [0.717, 1.165) is 0 Å². The molecule has 7 heteroatoms. The molecule has 4 nitrogen and oxygen atoms in total. The first-order chi connectivity index (χ1) is 7.38. The van der Waals surface area contributed by atoms with Crippen LogP contribution in [0.4, 0.5) is 13.2 Å². The molecule has 16 heavy (non-hydrogen) atoms.